The molecule has 0 fully saturated rings. The first-order valence-corrected chi connectivity index (χ1v) is 6.04. The van der Waals surface area contributed by atoms with Crippen LogP contribution in [0.3, 0.4) is 0 Å². The number of aromatic hydroxyl groups is 1. The molecule has 0 bridgehead atoms. The van der Waals surface area contributed by atoms with E-state index in [1.54, 1.807) is 12.1 Å². The summed E-state index contributed by atoms with van der Waals surface area (Å²) in [5.74, 6) is -0.446. The Morgan fingerprint density at radius 1 is 1.35 bits per heavy atom. The molecule has 0 aromatic heterocycles. The second kappa shape index (κ2) is 6.60. The van der Waals surface area contributed by atoms with Gasteiger partial charge in [0.2, 0.25) is 5.91 Å². The fourth-order valence-corrected chi connectivity index (χ4v) is 1.66. The largest absolute Gasteiger partial charge is 0.508 e. The molecule has 1 aromatic carbocycles. The number of hydrogen-bond acceptors (Lipinski definition) is 3. The van der Waals surface area contributed by atoms with Crippen molar-refractivity contribution in [3.8, 4) is 5.75 Å². The molecule has 20 heavy (non-hydrogen) atoms. The van der Waals surface area contributed by atoms with Gasteiger partial charge in [-0.15, -0.1) is 0 Å². The van der Waals surface area contributed by atoms with Gasteiger partial charge in [-0.05, 0) is 24.1 Å². The van der Waals surface area contributed by atoms with E-state index in [0.717, 1.165) is 10.5 Å². The van der Waals surface area contributed by atoms with Crippen molar-refractivity contribution in [1.82, 2.24) is 4.90 Å². The summed E-state index contributed by atoms with van der Waals surface area (Å²) in [4.78, 5) is 12.8. The van der Waals surface area contributed by atoms with Crippen molar-refractivity contribution in [2.75, 3.05) is 13.6 Å². The number of phenols is 1. The lowest BCUT2D eigenvalue weighted by molar-refractivity contribution is -0.144. The predicted molar refractivity (Wildman–Crippen MR) is 68.1 cm³/mol. The van der Waals surface area contributed by atoms with Crippen molar-refractivity contribution >= 4 is 5.91 Å². The molecular formula is C13H17F3N2O2. The number of alkyl halides is 3. The third-order valence-corrected chi connectivity index (χ3v) is 2.82. The monoisotopic (exact) mass is 290 g/mol. The molecular weight excluding hydrogens is 273 g/mol. The Bertz CT molecular complexity index is 446. The fourth-order valence-electron chi connectivity index (χ4n) is 1.66. The average molecular weight is 290 g/mol. The van der Waals surface area contributed by atoms with Crippen LogP contribution in [-0.2, 0) is 11.2 Å². The molecule has 0 spiro atoms. The number of hydrogen-bond donors (Lipinski definition) is 2. The van der Waals surface area contributed by atoms with E-state index in [1.807, 2.05) is 0 Å². The first kappa shape index (κ1) is 16.3. The molecule has 0 aliphatic carbocycles. The van der Waals surface area contributed by atoms with Crippen molar-refractivity contribution in [1.29, 1.82) is 0 Å². The Balaban J connectivity index is 2.51. The zero-order chi connectivity index (χ0) is 15.3. The lowest BCUT2D eigenvalue weighted by atomic mass is 10.1. The molecule has 0 aliphatic heterocycles. The Morgan fingerprint density at radius 3 is 2.40 bits per heavy atom. The second-order valence-electron chi connectivity index (χ2n) is 4.60. The maximum Gasteiger partial charge on any atom is 0.390 e. The van der Waals surface area contributed by atoms with Gasteiger partial charge in [0.05, 0.1) is 12.5 Å². The van der Waals surface area contributed by atoms with Crippen LogP contribution < -0.4 is 5.73 Å². The Labute approximate surface area is 115 Å². The maximum absolute atomic E-state index is 12.1. The van der Waals surface area contributed by atoms with Gasteiger partial charge in [-0.25, -0.2) is 0 Å². The first-order valence-electron chi connectivity index (χ1n) is 6.04. The van der Waals surface area contributed by atoms with Crippen LogP contribution in [0.25, 0.3) is 0 Å². The molecule has 0 aliphatic rings. The van der Waals surface area contributed by atoms with Crippen LogP contribution >= 0.6 is 0 Å². The van der Waals surface area contributed by atoms with E-state index in [1.165, 1.54) is 19.2 Å². The van der Waals surface area contributed by atoms with Crippen LogP contribution in [0.1, 0.15) is 12.0 Å². The van der Waals surface area contributed by atoms with Gasteiger partial charge in [0.1, 0.15) is 5.75 Å². The van der Waals surface area contributed by atoms with Gasteiger partial charge >= 0.3 is 6.18 Å². The SMILES string of the molecule is CN(CCC(F)(F)F)C(=O)C(N)Cc1ccc(O)cc1. The summed E-state index contributed by atoms with van der Waals surface area (Å²) in [7, 11) is 1.30. The van der Waals surface area contributed by atoms with E-state index in [4.69, 9.17) is 10.8 Å². The van der Waals surface area contributed by atoms with Crippen molar-refractivity contribution in [2.24, 2.45) is 5.73 Å². The molecule has 7 heteroatoms. The van der Waals surface area contributed by atoms with Crippen LogP contribution in [0.15, 0.2) is 24.3 Å². The van der Waals surface area contributed by atoms with Crippen LogP contribution in [0, 0.1) is 0 Å². The number of halogens is 3. The van der Waals surface area contributed by atoms with E-state index >= 15 is 0 Å². The minimum absolute atomic E-state index is 0.0935. The molecule has 112 valence electrons. The van der Waals surface area contributed by atoms with Gasteiger partial charge in [-0.1, -0.05) is 12.1 Å². The number of nitrogens with zero attached hydrogens (tertiary/aromatic N) is 1. The molecule has 0 saturated heterocycles. The molecule has 0 saturated carbocycles. The molecule has 1 atom stereocenters. The van der Waals surface area contributed by atoms with E-state index in [2.05, 4.69) is 0 Å². The van der Waals surface area contributed by atoms with Crippen molar-refractivity contribution in [3.05, 3.63) is 29.8 Å². The van der Waals surface area contributed by atoms with Crippen molar-refractivity contribution in [3.63, 3.8) is 0 Å². The molecule has 1 unspecified atom stereocenters. The predicted octanol–water partition coefficient (Wildman–Crippen LogP) is 1.67. The van der Waals surface area contributed by atoms with Crippen LogP contribution in [-0.4, -0.2) is 41.7 Å². The van der Waals surface area contributed by atoms with E-state index in [9.17, 15) is 18.0 Å². The van der Waals surface area contributed by atoms with Gasteiger partial charge in [0.25, 0.3) is 0 Å². The maximum atomic E-state index is 12.1. The first-order chi connectivity index (χ1) is 9.19. The lowest BCUT2D eigenvalue weighted by Gasteiger charge is -2.22. The number of rotatable bonds is 5. The normalized spacial score (nSPS) is 13.1. The van der Waals surface area contributed by atoms with Gasteiger partial charge in [-0.3, -0.25) is 4.79 Å². The van der Waals surface area contributed by atoms with Crippen LogP contribution in [0.4, 0.5) is 13.2 Å². The summed E-state index contributed by atoms with van der Waals surface area (Å²) < 4.78 is 36.2. The smallest absolute Gasteiger partial charge is 0.390 e. The highest BCUT2D eigenvalue weighted by Crippen LogP contribution is 2.19. The summed E-state index contributed by atoms with van der Waals surface area (Å²) in [6, 6.07) is 5.23. The number of likely N-dealkylation sites (N-methyl/N-ethyl adjacent to an activating group) is 1. The second-order valence-corrected chi connectivity index (χ2v) is 4.60. The minimum atomic E-state index is -4.30. The molecule has 0 heterocycles. The van der Waals surface area contributed by atoms with Crippen molar-refractivity contribution in [2.45, 2.75) is 25.1 Å². The van der Waals surface area contributed by atoms with Gasteiger partial charge in [0, 0.05) is 13.6 Å². The summed E-state index contributed by atoms with van der Waals surface area (Å²) in [5.41, 5.74) is 6.42. The highest BCUT2D eigenvalue weighted by Gasteiger charge is 2.29. The average Bonchev–Trinajstić information content (AvgIpc) is 2.36. The number of carbonyl (C=O) groups is 1. The van der Waals surface area contributed by atoms with Gasteiger partial charge in [0.15, 0.2) is 0 Å². The highest BCUT2D eigenvalue weighted by molar-refractivity contribution is 5.81. The number of nitrogens with two attached hydrogens (primary N) is 1. The van der Waals surface area contributed by atoms with Crippen molar-refractivity contribution < 1.29 is 23.1 Å². The zero-order valence-corrected chi connectivity index (χ0v) is 11.0. The van der Waals surface area contributed by atoms with E-state index < -0.39 is 31.1 Å². The van der Waals surface area contributed by atoms with Crippen LogP contribution in [0.2, 0.25) is 0 Å². The van der Waals surface area contributed by atoms with Gasteiger partial charge in [-0.2, -0.15) is 13.2 Å². The third-order valence-electron chi connectivity index (χ3n) is 2.82. The highest BCUT2D eigenvalue weighted by atomic mass is 19.4. The molecule has 3 N–H and O–H groups in total. The fraction of sp³-hybridized carbons (Fsp3) is 0.462. The summed E-state index contributed by atoms with van der Waals surface area (Å²) in [6.45, 7) is -0.411. The molecule has 4 nitrogen and oxygen atoms in total. The Kier molecular flexibility index (Phi) is 5.38. The lowest BCUT2D eigenvalue weighted by Crippen LogP contribution is -2.44. The number of phenolic OH excluding ortho intramolecular Hbond substituents is 1. The summed E-state index contributed by atoms with van der Waals surface area (Å²) in [5, 5.41) is 9.12. The van der Waals surface area contributed by atoms with Crippen LogP contribution in [0.5, 0.6) is 5.75 Å². The molecule has 1 aromatic rings. The molecule has 1 amide bonds. The number of carbonyl (C=O) groups excluding carboxylic acids is 1. The topological polar surface area (TPSA) is 66.6 Å². The van der Waals surface area contributed by atoms with Gasteiger partial charge < -0.3 is 15.7 Å². The molecule has 1 rings (SSSR count). The third kappa shape index (κ3) is 5.48. The standard InChI is InChI=1S/C13H17F3N2O2/c1-18(7-6-13(14,15)16)12(20)11(17)8-9-2-4-10(19)5-3-9/h2-5,11,19H,6-8,17H2,1H3. The zero-order valence-electron chi connectivity index (χ0n) is 11.0. The number of benzene rings is 1. The summed E-state index contributed by atoms with van der Waals surface area (Å²) >= 11 is 0. The minimum Gasteiger partial charge on any atom is -0.508 e. The quantitative estimate of drug-likeness (QED) is 0.867. The molecule has 0 radical (unpaired) electrons. The summed E-state index contributed by atoms with van der Waals surface area (Å²) in [6.07, 6.45) is -5.15. The van der Waals surface area contributed by atoms with E-state index in [-0.39, 0.29) is 12.2 Å². The van der Waals surface area contributed by atoms with E-state index in [0.29, 0.717) is 0 Å². The Hall–Kier alpha value is -1.76. The number of amides is 1. The Morgan fingerprint density at radius 2 is 1.90 bits per heavy atom.